The van der Waals surface area contributed by atoms with Crippen molar-refractivity contribution in [3.05, 3.63) is 41.3 Å². The van der Waals surface area contributed by atoms with Crippen LogP contribution >= 0.6 is 0 Å². The number of carbonyl (C=O) groups excluding carboxylic acids is 2. The van der Waals surface area contributed by atoms with E-state index in [0.29, 0.717) is 37.7 Å². The molecule has 0 radical (unpaired) electrons. The highest BCUT2D eigenvalue weighted by Gasteiger charge is 2.40. The summed E-state index contributed by atoms with van der Waals surface area (Å²) in [5, 5.41) is 9.56. The molecule has 2 fully saturated rings. The van der Waals surface area contributed by atoms with Gasteiger partial charge >= 0.3 is 0 Å². The second-order valence-electron chi connectivity index (χ2n) is 10.5. The maximum absolute atomic E-state index is 14.1. The Morgan fingerprint density at radius 2 is 1.81 bits per heavy atom. The van der Waals surface area contributed by atoms with Crippen molar-refractivity contribution in [2.24, 2.45) is 5.92 Å². The van der Waals surface area contributed by atoms with E-state index in [1.54, 1.807) is 7.11 Å². The average Bonchev–Trinajstić information content (AvgIpc) is 3.51. The molecule has 1 aliphatic heterocycles. The van der Waals surface area contributed by atoms with Crippen LogP contribution in [0.4, 0.5) is 13.2 Å². The van der Waals surface area contributed by atoms with Crippen LogP contribution in [0.3, 0.4) is 0 Å². The molecule has 8 nitrogen and oxygen atoms in total. The number of benzene rings is 1. The first kappa shape index (κ1) is 27.1. The predicted molar refractivity (Wildman–Crippen MR) is 129 cm³/mol. The number of halogens is 3. The minimum absolute atomic E-state index is 0.189. The first-order chi connectivity index (χ1) is 17.6. The Labute approximate surface area is 213 Å². The summed E-state index contributed by atoms with van der Waals surface area (Å²) in [7, 11) is 1.56. The van der Waals surface area contributed by atoms with Gasteiger partial charge in [-0.15, -0.1) is 0 Å². The van der Waals surface area contributed by atoms with Crippen molar-refractivity contribution in [2.75, 3.05) is 26.8 Å². The monoisotopic (exact) mass is 522 g/mol. The van der Waals surface area contributed by atoms with Gasteiger partial charge in [0.1, 0.15) is 17.5 Å². The zero-order chi connectivity index (χ0) is 26.7. The van der Waals surface area contributed by atoms with Crippen LogP contribution in [0.25, 0.3) is 11.3 Å². The lowest BCUT2D eigenvalue weighted by atomic mass is 9.88. The summed E-state index contributed by atoms with van der Waals surface area (Å²) in [6, 6.07) is 2.08. The molecule has 1 saturated carbocycles. The van der Waals surface area contributed by atoms with Crippen molar-refractivity contribution in [2.45, 2.75) is 63.6 Å². The molecule has 4 rings (SSSR count). The first-order valence-corrected chi connectivity index (χ1v) is 12.6. The van der Waals surface area contributed by atoms with E-state index in [4.69, 9.17) is 9.26 Å². The van der Waals surface area contributed by atoms with Crippen LogP contribution in [0.15, 0.2) is 22.7 Å². The van der Waals surface area contributed by atoms with E-state index in [9.17, 15) is 22.8 Å². The first-order valence-electron chi connectivity index (χ1n) is 12.6. The van der Waals surface area contributed by atoms with Crippen molar-refractivity contribution < 1.29 is 32.0 Å². The van der Waals surface area contributed by atoms with Crippen molar-refractivity contribution >= 4 is 11.8 Å². The molecular formula is C26H33F3N4O4. The molecular weight excluding hydrogens is 489 g/mol. The summed E-state index contributed by atoms with van der Waals surface area (Å²) in [6.07, 6.45) is 5.08. The Hall–Kier alpha value is -2.92. The zero-order valence-corrected chi connectivity index (χ0v) is 21.3. The topological polar surface area (TPSA) is 96.7 Å². The summed E-state index contributed by atoms with van der Waals surface area (Å²) in [5.74, 6) is -5.10. The molecule has 1 saturated heterocycles. The van der Waals surface area contributed by atoms with Gasteiger partial charge in [0.15, 0.2) is 11.5 Å². The fourth-order valence-corrected chi connectivity index (χ4v) is 5.36. The molecule has 2 amide bonds. The number of nitrogens with one attached hydrogen (secondary N) is 2. The SMILES string of the molecule is COCC(C)(C)NC(=O)[C@@H]1CN(C2CCCC2)CC[C@H]1NC(=O)c1cc(-c2c(F)cc(F)cc2F)on1. The van der Waals surface area contributed by atoms with Gasteiger partial charge in [0.05, 0.1) is 23.6 Å². The van der Waals surface area contributed by atoms with Crippen molar-refractivity contribution in [3.8, 4) is 11.3 Å². The van der Waals surface area contributed by atoms with Crippen LogP contribution in [0.2, 0.25) is 0 Å². The molecule has 2 aromatic rings. The van der Waals surface area contributed by atoms with Gasteiger partial charge in [-0.2, -0.15) is 0 Å². The van der Waals surface area contributed by atoms with Gasteiger partial charge in [-0.25, -0.2) is 13.2 Å². The van der Waals surface area contributed by atoms with E-state index in [0.717, 1.165) is 25.5 Å². The van der Waals surface area contributed by atoms with Crippen molar-refractivity contribution in [1.29, 1.82) is 0 Å². The average molecular weight is 523 g/mol. The minimum Gasteiger partial charge on any atom is -0.382 e. The number of ether oxygens (including phenoxy) is 1. The molecule has 37 heavy (non-hydrogen) atoms. The third-order valence-corrected chi connectivity index (χ3v) is 7.10. The van der Waals surface area contributed by atoms with Crippen LogP contribution in [-0.4, -0.2) is 66.3 Å². The number of rotatable bonds is 8. The number of likely N-dealkylation sites (tertiary alicyclic amines) is 1. The molecule has 2 atom stereocenters. The second-order valence-corrected chi connectivity index (χ2v) is 10.5. The lowest BCUT2D eigenvalue weighted by Crippen LogP contribution is -2.60. The molecule has 2 N–H and O–H groups in total. The largest absolute Gasteiger partial charge is 0.382 e. The normalized spacial score (nSPS) is 21.2. The van der Waals surface area contributed by atoms with E-state index in [-0.39, 0.29) is 17.4 Å². The number of hydrogen-bond donors (Lipinski definition) is 2. The van der Waals surface area contributed by atoms with Gasteiger partial charge in [0.2, 0.25) is 5.91 Å². The fraction of sp³-hybridized carbons (Fsp3) is 0.577. The Kier molecular flexibility index (Phi) is 8.23. The highest BCUT2D eigenvalue weighted by Crippen LogP contribution is 2.30. The van der Waals surface area contributed by atoms with E-state index in [2.05, 4.69) is 20.7 Å². The van der Waals surface area contributed by atoms with E-state index < -0.39 is 46.4 Å². The lowest BCUT2D eigenvalue weighted by Gasteiger charge is -2.41. The van der Waals surface area contributed by atoms with Crippen LogP contribution in [0.5, 0.6) is 0 Å². The molecule has 1 aliphatic carbocycles. The maximum Gasteiger partial charge on any atom is 0.273 e. The Morgan fingerprint density at radius 3 is 2.46 bits per heavy atom. The Morgan fingerprint density at radius 1 is 1.14 bits per heavy atom. The van der Waals surface area contributed by atoms with Crippen LogP contribution in [0, 0.1) is 23.4 Å². The minimum atomic E-state index is -1.17. The summed E-state index contributed by atoms with van der Waals surface area (Å²) in [4.78, 5) is 28.7. The number of carbonyl (C=O) groups is 2. The number of hydrogen-bond acceptors (Lipinski definition) is 6. The van der Waals surface area contributed by atoms with Crippen molar-refractivity contribution in [3.63, 3.8) is 0 Å². The molecule has 0 spiro atoms. The van der Waals surface area contributed by atoms with Gasteiger partial charge < -0.3 is 19.9 Å². The summed E-state index contributed by atoms with van der Waals surface area (Å²) in [6.45, 7) is 5.29. The standard InChI is InChI=1S/C26H33F3N4O4/c1-26(2,14-36-3)31-24(34)17-13-33(16-6-4-5-7-16)9-8-20(17)30-25(35)21-12-22(37-32-21)23-18(28)10-15(27)11-19(23)29/h10-12,16-17,20H,4-9,13-14H2,1-3H3,(H,30,35)(H,31,34)/t17-,20-/m1/s1. The molecule has 1 aromatic carbocycles. The Balaban J connectivity index is 1.50. The van der Waals surface area contributed by atoms with Crippen LogP contribution in [0.1, 0.15) is 56.4 Å². The van der Waals surface area contributed by atoms with Gasteiger partial charge in [0, 0.05) is 50.5 Å². The van der Waals surface area contributed by atoms with E-state index in [1.165, 1.54) is 12.8 Å². The third-order valence-electron chi connectivity index (χ3n) is 7.10. The van der Waals surface area contributed by atoms with Gasteiger partial charge in [-0.3, -0.25) is 14.5 Å². The third kappa shape index (κ3) is 6.32. The van der Waals surface area contributed by atoms with Crippen LogP contribution in [-0.2, 0) is 9.53 Å². The van der Waals surface area contributed by atoms with Gasteiger partial charge in [-0.1, -0.05) is 18.0 Å². The second kappa shape index (κ2) is 11.2. The van der Waals surface area contributed by atoms with E-state index in [1.807, 2.05) is 13.8 Å². The molecule has 0 bridgehead atoms. The molecule has 2 heterocycles. The highest BCUT2D eigenvalue weighted by molar-refractivity contribution is 5.94. The number of methoxy groups -OCH3 is 1. The summed E-state index contributed by atoms with van der Waals surface area (Å²) < 4.78 is 51.8. The number of amides is 2. The van der Waals surface area contributed by atoms with Gasteiger partial charge in [0.25, 0.3) is 5.91 Å². The lowest BCUT2D eigenvalue weighted by molar-refractivity contribution is -0.130. The number of aromatic nitrogens is 1. The predicted octanol–water partition coefficient (Wildman–Crippen LogP) is 3.66. The summed E-state index contributed by atoms with van der Waals surface area (Å²) >= 11 is 0. The fourth-order valence-electron chi connectivity index (χ4n) is 5.36. The molecule has 202 valence electrons. The number of piperidine rings is 1. The highest BCUT2D eigenvalue weighted by atomic mass is 19.1. The quantitative estimate of drug-likeness (QED) is 0.549. The molecule has 1 aromatic heterocycles. The van der Waals surface area contributed by atoms with Crippen molar-refractivity contribution in [1.82, 2.24) is 20.7 Å². The molecule has 11 heteroatoms. The molecule has 2 aliphatic rings. The summed E-state index contributed by atoms with van der Waals surface area (Å²) in [5.41, 5.74) is -1.41. The molecule has 0 unspecified atom stereocenters. The van der Waals surface area contributed by atoms with Gasteiger partial charge in [-0.05, 0) is 33.1 Å². The van der Waals surface area contributed by atoms with Crippen LogP contribution < -0.4 is 10.6 Å². The Bertz CT molecular complexity index is 1110. The maximum atomic E-state index is 14.1. The number of nitrogens with zero attached hydrogens (tertiary/aromatic N) is 2. The van der Waals surface area contributed by atoms with E-state index >= 15 is 0 Å². The zero-order valence-electron chi connectivity index (χ0n) is 21.3. The smallest absolute Gasteiger partial charge is 0.273 e.